The first kappa shape index (κ1) is 13.8. The summed E-state index contributed by atoms with van der Waals surface area (Å²) in [5.74, 6) is 1.18. The standard InChI is InChI=1S/C14H18N4S/c1-10(2)13-16-17-14(19-4)18(13)15-9-12-8-6-5-7-11(12)3/h5-10H,1-4H3/b15-9-. The van der Waals surface area contributed by atoms with Crippen LogP contribution in [0.3, 0.4) is 0 Å². The van der Waals surface area contributed by atoms with Gasteiger partial charge in [0.1, 0.15) is 0 Å². The van der Waals surface area contributed by atoms with Crippen molar-refractivity contribution in [1.82, 2.24) is 14.9 Å². The lowest BCUT2D eigenvalue weighted by atomic mass is 10.1. The van der Waals surface area contributed by atoms with Crippen molar-refractivity contribution < 1.29 is 0 Å². The molecule has 0 unspecified atom stereocenters. The van der Waals surface area contributed by atoms with Gasteiger partial charge in [-0.05, 0) is 24.3 Å². The minimum atomic E-state index is 0.294. The maximum Gasteiger partial charge on any atom is 0.211 e. The Morgan fingerprint density at radius 1 is 1.26 bits per heavy atom. The van der Waals surface area contributed by atoms with Crippen LogP contribution >= 0.6 is 11.8 Å². The molecule has 100 valence electrons. The maximum absolute atomic E-state index is 4.54. The molecule has 0 aliphatic carbocycles. The van der Waals surface area contributed by atoms with E-state index in [4.69, 9.17) is 0 Å². The van der Waals surface area contributed by atoms with E-state index in [1.165, 1.54) is 5.56 Å². The zero-order chi connectivity index (χ0) is 13.8. The minimum absolute atomic E-state index is 0.294. The third kappa shape index (κ3) is 3.04. The van der Waals surface area contributed by atoms with E-state index < -0.39 is 0 Å². The molecule has 2 rings (SSSR count). The first-order valence-electron chi connectivity index (χ1n) is 6.22. The molecule has 0 N–H and O–H groups in total. The van der Waals surface area contributed by atoms with E-state index in [0.29, 0.717) is 5.92 Å². The second-order valence-electron chi connectivity index (χ2n) is 4.61. The quantitative estimate of drug-likeness (QED) is 0.634. The van der Waals surface area contributed by atoms with Crippen molar-refractivity contribution >= 4 is 18.0 Å². The third-order valence-corrected chi connectivity index (χ3v) is 3.46. The highest BCUT2D eigenvalue weighted by Gasteiger charge is 2.13. The molecule has 19 heavy (non-hydrogen) atoms. The van der Waals surface area contributed by atoms with Gasteiger partial charge in [-0.3, -0.25) is 0 Å². The van der Waals surface area contributed by atoms with E-state index in [9.17, 15) is 0 Å². The SMILES string of the molecule is CSc1nnc(C(C)C)n1/N=C\c1ccccc1C. The number of aryl methyl sites for hydroxylation is 1. The summed E-state index contributed by atoms with van der Waals surface area (Å²) >= 11 is 1.55. The fourth-order valence-electron chi connectivity index (χ4n) is 1.72. The molecule has 0 saturated heterocycles. The number of hydrogen-bond donors (Lipinski definition) is 0. The van der Waals surface area contributed by atoms with Gasteiger partial charge in [-0.25, -0.2) is 0 Å². The molecule has 4 nitrogen and oxygen atoms in total. The third-order valence-electron chi connectivity index (χ3n) is 2.84. The Labute approximate surface area is 117 Å². The van der Waals surface area contributed by atoms with Crippen LogP contribution in [0.5, 0.6) is 0 Å². The molecule has 0 aliphatic heterocycles. The number of thioether (sulfide) groups is 1. The summed E-state index contributed by atoms with van der Waals surface area (Å²) in [4.78, 5) is 0. The van der Waals surface area contributed by atoms with Gasteiger partial charge in [0.15, 0.2) is 5.82 Å². The molecule has 0 bridgehead atoms. The molecule has 0 radical (unpaired) electrons. The average molecular weight is 274 g/mol. The summed E-state index contributed by atoms with van der Waals surface area (Å²) in [6.45, 7) is 6.26. The molecule has 1 aromatic carbocycles. The molecule has 2 aromatic rings. The Bertz CT molecular complexity index is 587. The van der Waals surface area contributed by atoms with Crippen LogP contribution in [0.4, 0.5) is 0 Å². The molecule has 0 spiro atoms. The van der Waals surface area contributed by atoms with Crippen molar-refractivity contribution in [1.29, 1.82) is 0 Å². The Balaban J connectivity index is 2.37. The Morgan fingerprint density at radius 3 is 2.63 bits per heavy atom. The number of benzene rings is 1. The van der Waals surface area contributed by atoms with E-state index in [1.54, 1.807) is 11.8 Å². The number of nitrogens with zero attached hydrogens (tertiary/aromatic N) is 4. The predicted molar refractivity (Wildman–Crippen MR) is 80.1 cm³/mol. The monoisotopic (exact) mass is 274 g/mol. The molecule has 1 heterocycles. The van der Waals surface area contributed by atoms with E-state index in [1.807, 2.05) is 29.3 Å². The number of hydrogen-bond acceptors (Lipinski definition) is 4. The Hall–Kier alpha value is -1.62. The van der Waals surface area contributed by atoms with Crippen LogP contribution in [0.2, 0.25) is 0 Å². The van der Waals surface area contributed by atoms with Crippen molar-refractivity contribution in [3.8, 4) is 0 Å². The largest absolute Gasteiger partial charge is 0.211 e. The Morgan fingerprint density at radius 2 is 2.00 bits per heavy atom. The van der Waals surface area contributed by atoms with Gasteiger partial charge in [-0.1, -0.05) is 49.9 Å². The van der Waals surface area contributed by atoms with E-state index in [0.717, 1.165) is 16.5 Å². The molecule has 0 saturated carbocycles. The van der Waals surface area contributed by atoms with Gasteiger partial charge in [-0.2, -0.15) is 9.78 Å². The molecular weight excluding hydrogens is 256 g/mol. The highest BCUT2D eigenvalue weighted by atomic mass is 32.2. The first-order chi connectivity index (χ1) is 9.13. The first-order valence-corrected chi connectivity index (χ1v) is 7.45. The highest BCUT2D eigenvalue weighted by Crippen LogP contribution is 2.19. The lowest BCUT2D eigenvalue weighted by molar-refractivity contribution is 0.667. The summed E-state index contributed by atoms with van der Waals surface area (Å²) in [5.41, 5.74) is 2.31. The number of rotatable bonds is 4. The van der Waals surface area contributed by atoms with Gasteiger partial charge < -0.3 is 0 Å². The van der Waals surface area contributed by atoms with Crippen LogP contribution in [0.1, 0.15) is 36.7 Å². The second kappa shape index (κ2) is 6.02. The predicted octanol–water partition coefficient (Wildman–Crippen LogP) is 3.31. The molecule has 0 atom stereocenters. The summed E-state index contributed by atoms with van der Waals surface area (Å²) in [6.07, 6.45) is 3.85. The minimum Gasteiger partial charge on any atom is -0.191 e. The summed E-state index contributed by atoms with van der Waals surface area (Å²) in [6, 6.07) is 8.17. The van der Waals surface area contributed by atoms with Crippen LogP contribution < -0.4 is 0 Å². The van der Waals surface area contributed by atoms with Gasteiger partial charge in [-0.15, -0.1) is 10.2 Å². The van der Waals surface area contributed by atoms with Gasteiger partial charge >= 0.3 is 0 Å². The van der Waals surface area contributed by atoms with Crippen molar-refractivity contribution in [3.05, 3.63) is 41.2 Å². The normalized spacial score (nSPS) is 11.6. The molecule has 5 heteroatoms. The number of aromatic nitrogens is 3. The molecule has 0 aliphatic rings. The summed E-state index contributed by atoms with van der Waals surface area (Å²) < 4.78 is 1.82. The lowest BCUT2D eigenvalue weighted by Gasteiger charge is -2.05. The van der Waals surface area contributed by atoms with Crippen LogP contribution in [-0.2, 0) is 0 Å². The van der Waals surface area contributed by atoms with Crippen molar-refractivity contribution in [2.45, 2.75) is 31.8 Å². The van der Waals surface area contributed by atoms with E-state index in [2.05, 4.69) is 48.2 Å². The topological polar surface area (TPSA) is 43.1 Å². The van der Waals surface area contributed by atoms with Gasteiger partial charge in [0, 0.05) is 5.92 Å². The lowest BCUT2D eigenvalue weighted by Crippen LogP contribution is -2.02. The van der Waals surface area contributed by atoms with Crippen molar-refractivity contribution in [3.63, 3.8) is 0 Å². The van der Waals surface area contributed by atoms with Crippen molar-refractivity contribution in [2.75, 3.05) is 6.26 Å². The summed E-state index contributed by atoms with van der Waals surface area (Å²) in [7, 11) is 0. The van der Waals surface area contributed by atoms with Crippen LogP contribution in [-0.4, -0.2) is 27.3 Å². The van der Waals surface area contributed by atoms with Crippen LogP contribution in [0.25, 0.3) is 0 Å². The zero-order valence-corrected chi connectivity index (χ0v) is 12.5. The smallest absolute Gasteiger partial charge is 0.191 e. The fourth-order valence-corrected chi connectivity index (χ4v) is 2.16. The fraction of sp³-hybridized carbons (Fsp3) is 0.357. The highest BCUT2D eigenvalue weighted by molar-refractivity contribution is 7.98. The van der Waals surface area contributed by atoms with Crippen LogP contribution in [0.15, 0.2) is 34.5 Å². The van der Waals surface area contributed by atoms with Gasteiger partial charge in [0.05, 0.1) is 6.21 Å². The molecule has 1 aromatic heterocycles. The second-order valence-corrected chi connectivity index (χ2v) is 5.39. The zero-order valence-electron chi connectivity index (χ0n) is 11.7. The molecule has 0 amide bonds. The van der Waals surface area contributed by atoms with Gasteiger partial charge in [0.25, 0.3) is 0 Å². The molecule has 0 fully saturated rings. The van der Waals surface area contributed by atoms with E-state index in [-0.39, 0.29) is 0 Å². The average Bonchev–Trinajstić information content (AvgIpc) is 2.81. The Kier molecular flexibility index (Phi) is 4.37. The van der Waals surface area contributed by atoms with Crippen molar-refractivity contribution in [2.24, 2.45) is 5.10 Å². The van der Waals surface area contributed by atoms with E-state index >= 15 is 0 Å². The van der Waals surface area contributed by atoms with Gasteiger partial charge in [0.2, 0.25) is 5.16 Å². The maximum atomic E-state index is 4.54. The summed E-state index contributed by atoms with van der Waals surface area (Å²) in [5, 5.41) is 13.7. The molecular formula is C14H18N4S. The van der Waals surface area contributed by atoms with Crippen LogP contribution in [0, 0.1) is 6.92 Å².